The first-order valence-corrected chi connectivity index (χ1v) is 5.57. The van der Waals surface area contributed by atoms with Crippen LogP contribution in [0.4, 0.5) is 0 Å². The second kappa shape index (κ2) is 4.63. The molecule has 0 unspecified atom stereocenters. The van der Waals surface area contributed by atoms with Crippen molar-refractivity contribution < 1.29 is 20.1 Å². The summed E-state index contributed by atoms with van der Waals surface area (Å²) in [4.78, 5) is 13.7. The number of phenols is 2. The first-order valence-electron chi connectivity index (χ1n) is 5.57. The zero-order valence-electron chi connectivity index (χ0n) is 9.33. The summed E-state index contributed by atoms with van der Waals surface area (Å²) in [6, 6.07) is 4.05. The van der Waals surface area contributed by atoms with E-state index >= 15 is 0 Å². The molecule has 1 saturated carbocycles. The van der Waals surface area contributed by atoms with E-state index in [1.165, 1.54) is 12.1 Å². The minimum absolute atomic E-state index is 0.0841. The van der Waals surface area contributed by atoms with Gasteiger partial charge in [-0.1, -0.05) is 0 Å². The third kappa shape index (κ3) is 2.50. The molecule has 0 spiro atoms. The van der Waals surface area contributed by atoms with Crippen LogP contribution in [0.2, 0.25) is 0 Å². The predicted molar refractivity (Wildman–Crippen MR) is 60.9 cm³/mol. The number of amides is 1. The molecule has 92 valence electrons. The van der Waals surface area contributed by atoms with Crippen molar-refractivity contribution in [1.82, 2.24) is 4.90 Å². The van der Waals surface area contributed by atoms with Crippen LogP contribution in [-0.4, -0.2) is 45.3 Å². The molecule has 1 fully saturated rings. The maximum Gasteiger partial charge on any atom is 0.257 e. The lowest BCUT2D eigenvalue weighted by atomic mass is 10.1. The van der Waals surface area contributed by atoms with Gasteiger partial charge in [0.2, 0.25) is 0 Å². The van der Waals surface area contributed by atoms with Gasteiger partial charge in [-0.15, -0.1) is 0 Å². The molecule has 0 heterocycles. The molecule has 3 N–H and O–H groups in total. The van der Waals surface area contributed by atoms with Gasteiger partial charge in [-0.25, -0.2) is 0 Å². The van der Waals surface area contributed by atoms with Gasteiger partial charge in [0, 0.05) is 18.7 Å². The Kier molecular flexibility index (Phi) is 3.19. The highest BCUT2D eigenvalue weighted by molar-refractivity contribution is 5.97. The summed E-state index contributed by atoms with van der Waals surface area (Å²) in [6.07, 6.45) is 1.87. The molecule has 0 bridgehead atoms. The van der Waals surface area contributed by atoms with Crippen molar-refractivity contribution in [2.24, 2.45) is 0 Å². The molecule has 0 aliphatic heterocycles. The molecule has 2 rings (SSSR count). The molecular formula is C12H15NO4. The van der Waals surface area contributed by atoms with Crippen LogP contribution in [0.15, 0.2) is 18.2 Å². The summed E-state index contributed by atoms with van der Waals surface area (Å²) in [5.41, 5.74) is 0.156. The Hall–Kier alpha value is -1.75. The predicted octanol–water partition coefficient (Wildman–Crippen LogP) is 0.695. The van der Waals surface area contributed by atoms with Gasteiger partial charge in [0.05, 0.1) is 12.2 Å². The molecule has 0 atom stereocenters. The van der Waals surface area contributed by atoms with Crippen LogP contribution in [0.25, 0.3) is 0 Å². The smallest absolute Gasteiger partial charge is 0.257 e. The number of benzene rings is 1. The van der Waals surface area contributed by atoms with E-state index in [0.717, 1.165) is 18.9 Å². The highest BCUT2D eigenvalue weighted by atomic mass is 16.3. The minimum atomic E-state index is -0.306. The number of hydrogen-bond acceptors (Lipinski definition) is 4. The van der Waals surface area contributed by atoms with Crippen LogP contribution >= 0.6 is 0 Å². The SMILES string of the molecule is O=C(c1ccc(O)cc1O)N(CCO)C1CC1. The second-order valence-electron chi connectivity index (χ2n) is 4.15. The second-order valence-corrected chi connectivity index (χ2v) is 4.15. The molecule has 1 aromatic carbocycles. The lowest BCUT2D eigenvalue weighted by molar-refractivity contribution is 0.0704. The third-order valence-corrected chi connectivity index (χ3v) is 2.80. The van der Waals surface area contributed by atoms with E-state index in [2.05, 4.69) is 0 Å². The van der Waals surface area contributed by atoms with Gasteiger partial charge in [-0.05, 0) is 25.0 Å². The Bertz CT molecular complexity index is 429. The van der Waals surface area contributed by atoms with Crippen molar-refractivity contribution in [3.63, 3.8) is 0 Å². The molecule has 1 amide bonds. The van der Waals surface area contributed by atoms with E-state index in [1.807, 2.05) is 0 Å². The zero-order chi connectivity index (χ0) is 12.4. The van der Waals surface area contributed by atoms with E-state index < -0.39 is 0 Å². The van der Waals surface area contributed by atoms with Crippen LogP contribution in [0.3, 0.4) is 0 Å². The molecule has 17 heavy (non-hydrogen) atoms. The Morgan fingerprint density at radius 3 is 2.59 bits per heavy atom. The number of hydrogen-bond donors (Lipinski definition) is 3. The average Bonchev–Trinajstić information content (AvgIpc) is 3.09. The monoisotopic (exact) mass is 237 g/mol. The summed E-state index contributed by atoms with van der Waals surface area (Å²) in [5.74, 6) is -0.628. The van der Waals surface area contributed by atoms with E-state index in [-0.39, 0.29) is 42.2 Å². The first kappa shape index (κ1) is 11.7. The molecule has 0 radical (unpaired) electrons. The van der Waals surface area contributed by atoms with Gasteiger partial charge in [-0.2, -0.15) is 0 Å². The van der Waals surface area contributed by atoms with E-state index in [0.29, 0.717) is 0 Å². The van der Waals surface area contributed by atoms with Gasteiger partial charge in [0.25, 0.3) is 5.91 Å². The fraction of sp³-hybridized carbons (Fsp3) is 0.417. The van der Waals surface area contributed by atoms with Crippen LogP contribution in [0.5, 0.6) is 11.5 Å². The maximum absolute atomic E-state index is 12.1. The minimum Gasteiger partial charge on any atom is -0.508 e. The van der Waals surface area contributed by atoms with Crippen molar-refractivity contribution in [2.45, 2.75) is 18.9 Å². The van der Waals surface area contributed by atoms with Gasteiger partial charge < -0.3 is 20.2 Å². The van der Waals surface area contributed by atoms with Gasteiger partial charge in [0.1, 0.15) is 11.5 Å². The number of aliphatic hydroxyl groups is 1. The maximum atomic E-state index is 12.1. The number of aromatic hydroxyl groups is 2. The highest BCUT2D eigenvalue weighted by Crippen LogP contribution is 2.30. The summed E-state index contributed by atoms with van der Waals surface area (Å²) in [6.45, 7) is 0.172. The molecule has 5 heteroatoms. The molecule has 1 aliphatic carbocycles. The highest BCUT2D eigenvalue weighted by Gasteiger charge is 2.33. The topological polar surface area (TPSA) is 81.0 Å². The molecular weight excluding hydrogens is 222 g/mol. The fourth-order valence-electron chi connectivity index (χ4n) is 1.80. The number of carbonyl (C=O) groups is 1. The quantitative estimate of drug-likeness (QED) is 0.720. The Morgan fingerprint density at radius 1 is 1.35 bits per heavy atom. The Labute approximate surface area is 98.9 Å². The van der Waals surface area contributed by atoms with Crippen molar-refractivity contribution >= 4 is 5.91 Å². The van der Waals surface area contributed by atoms with Crippen molar-refractivity contribution in [2.75, 3.05) is 13.2 Å². The number of carbonyl (C=O) groups excluding carboxylic acids is 1. The van der Waals surface area contributed by atoms with Gasteiger partial charge in [-0.3, -0.25) is 4.79 Å². The van der Waals surface area contributed by atoms with E-state index in [4.69, 9.17) is 10.2 Å². The van der Waals surface area contributed by atoms with Crippen molar-refractivity contribution in [3.8, 4) is 11.5 Å². The van der Waals surface area contributed by atoms with Crippen molar-refractivity contribution in [1.29, 1.82) is 0 Å². The standard InChI is InChI=1S/C12H15NO4/c14-6-5-13(8-1-2-8)12(17)10-4-3-9(15)7-11(10)16/h3-4,7-8,14-16H,1-2,5-6H2. The van der Waals surface area contributed by atoms with Crippen LogP contribution in [0.1, 0.15) is 23.2 Å². The molecule has 0 aromatic heterocycles. The summed E-state index contributed by atoms with van der Waals surface area (Å²) < 4.78 is 0. The molecule has 5 nitrogen and oxygen atoms in total. The third-order valence-electron chi connectivity index (χ3n) is 2.80. The summed E-state index contributed by atoms with van der Waals surface area (Å²) in [5, 5.41) is 27.7. The summed E-state index contributed by atoms with van der Waals surface area (Å²) >= 11 is 0. The molecule has 1 aliphatic rings. The number of rotatable bonds is 4. The number of phenolic OH excluding ortho intramolecular Hbond substituents is 2. The first-order chi connectivity index (χ1) is 8.13. The largest absolute Gasteiger partial charge is 0.508 e. The lowest BCUT2D eigenvalue weighted by Crippen LogP contribution is -2.35. The summed E-state index contributed by atoms with van der Waals surface area (Å²) in [7, 11) is 0. The number of nitrogens with zero attached hydrogens (tertiary/aromatic N) is 1. The number of aliphatic hydroxyl groups excluding tert-OH is 1. The Balaban J connectivity index is 2.22. The zero-order valence-corrected chi connectivity index (χ0v) is 9.33. The van der Waals surface area contributed by atoms with Crippen molar-refractivity contribution in [3.05, 3.63) is 23.8 Å². The van der Waals surface area contributed by atoms with E-state index in [9.17, 15) is 9.90 Å². The molecule has 0 saturated heterocycles. The normalized spacial score (nSPS) is 14.6. The van der Waals surface area contributed by atoms with Crippen LogP contribution < -0.4 is 0 Å². The average molecular weight is 237 g/mol. The fourth-order valence-corrected chi connectivity index (χ4v) is 1.80. The molecule has 1 aromatic rings. The lowest BCUT2D eigenvalue weighted by Gasteiger charge is -2.21. The van der Waals surface area contributed by atoms with E-state index in [1.54, 1.807) is 4.90 Å². The Morgan fingerprint density at radius 2 is 2.06 bits per heavy atom. The van der Waals surface area contributed by atoms with Gasteiger partial charge in [0.15, 0.2) is 0 Å². The van der Waals surface area contributed by atoms with Gasteiger partial charge >= 0.3 is 0 Å². The van der Waals surface area contributed by atoms with Crippen LogP contribution in [-0.2, 0) is 0 Å². The van der Waals surface area contributed by atoms with Crippen LogP contribution in [0, 0.1) is 0 Å².